The molecule has 6 heavy (non-hydrogen) atoms. The molecule has 0 spiro atoms. The summed E-state index contributed by atoms with van der Waals surface area (Å²) >= 11 is 0. The zero-order chi connectivity index (χ0) is 5.11. The SMILES string of the molecule is [2H]C1=NN=CCC1. The van der Waals surface area contributed by atoms with Crippen LogP contribution in [0, 0.1) is 0 Å². The van der Waals surface area contributed by atoms with Crippen LogP contribution in [0.3, 0.4) is 0 Å². The van der Waals surface area contributed by atoms with Crippen molar-refractivity contribution in [1.29, 1.82) is 0 Å². The van der Waals surface area contributed by atoms with Crippen LogP contribution >= 0.6 is 0 Å². The average molecular weight is 83.1 g/mol. The predicted octanol–water partition coefficient (Wildman–Crippen LogP) is 0.837. The average Bonchev–Trinajstić information content (AvgIpc) is 1.69. The third-order valence-corrected chi connectivity index (χ3v) is 0.595. The molecule has 0 fully saturated rings. The highest BCUT2D eigenvalue weighted by Gasteiger charge is 1.80. The molecule has 0 saturated heterocycles. The number of hydrogen-bond acceptors (Lipinski definition) is 2. The van der Waals surface area contributed by atoms with Gasteiger partial charge >= 0.3 is 0 Å². The van der Waals surface area contributed by atoms with Gasteiger partial charge in [-0.15, -0.1) is 0 Å². The molecule has 1 aliphatic heterocycles. The second-order valence-corrected chi connectivity index (χ2v) is 1.09. The molecule has 2 heteroatoms. The molecule has 0 unspecified atom stereocenters. The van der Waals surface area contributed by atoms with Crippen molar-refractivity contribution >= 4 is 12.4 Å². The molecule has 0 atom stereocenters. The van der Waals surface area contributed by atoms with E-state index in [1.807, 2.05) is 0 Å². The largest absolute Gasteiger partial charge is 0.164 e. The monoisotopic (exact) mass is 83.1 g/mol. The maximum Gasteiger partial charge on any atom is 0.0811 e. The Labute approximate surface area is 38.0 Å². The fourth-order valence-electron chi connectivity index (χ4n) is 0.318. The van der Waals surface area contributed by atoms with Crippen molar-refractivity contribution in [1.82, 2.24) is 0 Å². The number of rotatable bonds is 0. The molecule has 0 aromatic carbocycles. The van der Waals surface area contributed by atoms with Crippen LogP contribution in [-0.2, 0) is 0 Å². The van der Waals surface area contributed by atoms with E-state index in [1.54, 1.807) is 6.21 Å². The van der Waals surface area contributed by atoms with E-state index in [1.165, 1.54) is 0 Å². The minimum atomic E-state index is 0.391. The van der Waals surface area contributed by atoms with Gasteiger partial charge < -0.3 is 0 Å². The maximum atomic E-state index is 6.91. The molecule has 32 valence electrons. The Hall–Kier alpha value is -0.660. The van der Waals surface area contributed by atoms with Gasteiger partial charge in [0, 0.05) is 12.4 Å². The Kier molecular flexibility index (Phi) is 0.708. The van der Waals surface area contributed by atoms with E-state index in [4.69, 9.17) is 1.37 Å². The standard InChI is InChI=1S/C4H6N2/c1-2-4-6-5-3-1/h3-4H,1-2H2/i3D. The third kappa shape index (κ3) is 0.641. The van der Waals surface area contributed by atoms with Gasteiger partial charge in [-0.3, -0.25) is 0 Å². The van der Waals surface area contributed by atoms with E-state index in [0.717, 1.165) is 12.8 Å². The first-order valence-electron chi connectivity index (χ1n) is 2.44. The molecule has 0 radical (unpaired) electrons. The zero-order valence-corrected chi connectivity index (χ0v) is 3.39. The molecular formula is C4H6N2. The summed E-state index contributed by atoms with van der Waals surface area (Å²) in [4.78, 5) is 0. The lowest BCUT2D eigenvalue weighted by molar-refractivity contribution is 1.09. The number of nitrogens with zero attached hydrogens (tertiary/aromatic N) is 2. The fourth-order valence-corrected chi connectivity index (χ4v) is 0.318. The third-order valence-electron chi connectivity index (χ3n) is 0.595. The van der Waals surface area contributed by atoms with Crippen molar-refractivity contribution in [3.05, 3.63) is 0 Å². The normalized spacial score (nSPS) is 22.7. The van der Waals surface area contributed by atoms with E-state index in [2.05, 4.69) is 10.2 Å². The van der Waals surface area contributed by atoms with Crippen LogP contribution < -0.4 is 0 Å². The minimum Gasteiger partial charge on any atom is -0.164 e. The van der Waals surface area contributed by atoms with Gasteiger partial charge in [0.15, 0.2) is 0 Å². The van der Waals surface area contributed by atoms with E-state index in [9.17, 15) is 0 Å². The molecule has 1 rings (SSSR count). The minimum absolute atomic E-state index is 0.391. The van der Waals surface area contributed by atoms with E-state index in [-0.39, 0.29) is 0 Å². The topological polar surface area (TPSA) is 24.7 Å². The second-order valence-electron chi connectivity index (χ2n) is 1.09. The molecule has 0 aromatic heterocycles. The summed E-state index contributed by atoms with van der Waals surface area (Å²) in [6.07, 6.45) is 3.74. The van der Waals surface area contributed by atoms with Crippen LogP contribution in [0.2, 0.25) is 0 Å². The van der Waals surface area contributed by atoms with Gasteiger partial charge in [0.05, 0.1) is 1.37 Å². The lowest BCUT2D eigenvalue weighted by Crippen LogP contribution is -1.82. The smallest absolute Gasteiger partial charge is 0.0811 e. The van der Waals surface area contributed by atoms with Crippen molar-refractivity contribution in [2.75, 3.05) is 0 Å². The van der Waals surface area contributed by atoms with E-state index in [0.29, 0.717) is 6.19 Å². The highest BCUT2D eigenvalue weighted by atomic mass is 15.2. The Balaban J connectivity index is 2.57. The molecule has 0 amide bonds. The van der Waals surface area contributed by atoms with Gasteiger partial charge in [0.2, 0.25) is 0 Å². The highest BCUT2D eigenvalue weighted by molar-refractivity contribution is 5.69. The van der Waals surface area contributed by atoms with E-state index < -0.39 is 0 Å². The summed E-state index contributed by atoms with van der Waals surface area (Å²) in [6.45, 7) is 0. The second kappa shape index (κ2) is 1.70. The van der Waals surface area contributed by atoms with Crippen LogP contribution in [0.5, 0.6) is 0 Å². The molecule has 0 N–H and O–H groups in total. The van der Waals surface area contributed by atoms with Crippen LogP contribution in [0.1, 0.15) is 14.2 Å². The predicted molar refractivity (Wildman–Crippen MR) is 26.2 cm³/mol. The molecule has 1 aliphatic rings. The number of hydrogen-bond donors (Lipinski definition) is 0. The van der Waals surface area contributed by atoms with Gasteiger partial charge in [-0.05, 0) is 12.8 Å². The van der Waals surface area contributed by atoms with Crippen molar-refractivity contribution in [2.24, 2.45) is 10.2 Å². The first-order valence-corrected chi connectivity index (χ1v) is 1.94. The molecule has 0 aliphatic carbocycles. The Morgan fingerprint density at radius 2 is 2.50 bits per heavy atom. The lowest BCUT2D eigenvalue weighted by atomic mass is 10.3. The van der Waals surface area contributed by atoms with Gasteiger partial charge in [-0.2, -0.15) is 10.2 Å². The van der Waals surface area contributed by atoms with Crippen molar-refractivity contribution in [3.8, 4) is 0 Å². The van der Waals surface area contributed by atoms with Crippen LogP contribution in [0.25, 0.3) is 0 Å². The first-order chi connectivity index (χ1) is 3.39. The Bertz CT molecular complexity index is 117. The summed E-state index contributed by atoms with van der Waals surface area (Å²) in [5, 5.41) is 7.02. The van der Waals surface area contributed by atoms with Crippen LogP contribution in [-0.4, -0.2) is 12.4 Å². The van der Waals surface area contributed by atoms with Crippen molar-refractivity contribution in [3.63, 3.8) is 0 Å². The first kappa shape index (κ1) is 2.50. The van der Waals surface area contributed by atoms with Crippen molar-refractivity contribution < 1.29 is 1.37 Å². The summed E-state index contributed by atoms with van der Waals surface area (Å²) in [5.74, 6) is 0. The summed E-state index contributed by atoms with van der Waals surface area (Å²) < 4.78 is 6.91. The molecule has 1 heterocycles. The quantitative estimate of drug-likeness (QED) is 0.414. The lowest BCUT2D eigenvalue weighted by Gasteiger charge is -1.86. The van der Waals surface area contributed by atoms with Gasteiger partial charge in [-0.1, -0.05) is 0 Å². The summed E-state index contributed by atoms with van der Waals surface area (Å²) in [7, 11) is 0. The molecule has 0 aromatic rings. The van der Waals surface area contributed by atoms with Crippen molar-refractivity contribution in [2.45, 2.75) is 12.8 Å². The molecule has 0 bridgehead atoms. The Morgan fingerprint density at radius 1 is 1.50 bits per heavy atom. The maximum absolute atomic E-state index is 6.91. The molecule has 0 saturated carbocycles. The molecular weight excluding hydrogens is 76.1 g/mol. The molecule has 2 nitrogen and oxygen atoms in total. The summed E-state index contributed by atoms with van der Waals surface area (Å²) in [5.41, 5.74) is 0. The summed E-state index contributed by atoms with van der Waals surface area (Å²) in [6, 6.07) is 0. The van der Waals surface area contributed by atoms with E-state index >= 15 is 0 Å². The zero-order valence-electron chi connectivity index (χ0n) is 4.39. The van der Waals surface area contributed by atoms with Crippen LogP contribution in [0.4, 0.5) is 0 Å². The Morgan fingerprint density at radius 3 is 2.83 bits per heavy atom. The van der Waals surface area contributed by atoms with Gasteiger partial charge in [0.1, 0.15) is 0 Å². The highest BCUT2D eigenvalue weighted by Crippen LogP contribution is 1.86. The fraction of sp³-hybridized carbons (Fsp3) is 0.500. The van der Waals surface area contributed by atoms with Gasteiger partial charge in [-0.25, -0.2) is 0 Å². The van der Waals surface area contributed by atoms with Crippen LogP contribution in [0.15, 0.2) is 10.2 Å². The van der Waals surface area contributed by atoms with Gasteiger partial charge in [0.25, 0.3) is 0 Å².